The quantitative estimate of drug-likeness (QED) is 0.381. The van der Waals surface area contributed by atoms with Gasteiger partial charge in [0.25, 0.3) is 0 Å². The van der Waals surface area contributed by atoms with E-state index in [9.17, 15) is 9.90 Å². The number of rotatable bonds is 14. The standard InChI is InChI=1S/C11H20O2.C6H15NO2/c1-2-3-4-5-6-7-8-9-10-11(12)13;1-8-5-3-7-4-6-9-2/h9-10H,2-8H2,1H3,(H,12,13);7H,3-6H2,1-2H3. The Labute approximate surface area is 136 Å². The van der Waals surface area contributed by atoms with E-state index < -0.39 is 5.97 Å². The van der Waals surface area contributed by atoms with Crippen molar-refractivity contribution in [3.63, 3.8) is 0 Å². The number of hydrogen-bond donors (Lipinski definition) is 1. The van der Waals surface area contributed by atoms with Crippen LogP contribution in [0.3, 0.4) is 0 Å². The van der Waals surface area contributed by atoms with Crippen LogP contribution in [0.2, 0.25) is 0 Å². The molecule has 0 radical (unpaired) electrons. The van der Waals surface area contributed by atoms with E-state index in [-0.39, 0.29) is 0 Å². The highest BCUT2D eigenvalue weighted by Gasteiger charge is 1.88. The zero-order chi connectivity index (χ0) is 16.9. The number of carbonyl (C=O) groups excluding carboxylic acids is 1. The predicted molar refractivity (Wildman–Crippen MR) is 87.6 cm³/mol. The highest BCUT2D eigenvalue weighted by atomic mass is 16.5. The Morgan fingerprint density at radius 3 is 2.05 bits per heavy atom. The van der Waals surface area contributed by atoms with Gasteiger partial charge in [-0.3, -0.25) is 0 Å². The number of carboxylic acid groups (broad SMARTS) is 1. The average molecular weight is 317 g/mol. The van der Waals surface area contributed by atoms with Crippen molar-refractivity contribution in [1.82, 2.24) is 0 Å². The summed E-state index contributed by atoms with van der Waals surface area (Å²) in [7, 11) is 3.42. The lowest BCUT2D eigenvalue weighted by atomic mass is 10.1. The van der Waals surface area contributed by atoms with Gasteiger partial charge >= 0.3 is 0 Å². The van der Waals surface area contributed by atoms with E-state index in [4.69, 9.17) is 9.47 Å². The van der Waals surface area contributed by atoms with Gasteiger partial charge < -0.3 is 24.7 Å². The zero-order valence-electron chi connectivity index (χ0n) is 14.6. The average Bonchev–Trinajstić information content (AvgIpc) is 2.50. The molecule has 5 heteroatoms. The van der Waals surface area contributed by atoms with Crippen LogP contribution in [0.25, 0.3) is 0 Å². The summed E-state index contributed by atoms with van der Waals surface area (Å²) in [5.41, 5.74) is 0. The summed E-state index contributed by atoms with van der Waals surface area (Å²) >= 11 is 0. The fourth-order valence-electron chi connectivity index (χ4n) is 1.77. The van der Waals surface area contributed by atoms with Crippen molar-refractivity contribution in [2.24, 2.45) is 0 Å². The molecule has 2 N–H and O–H groups in total. The third-order valence-corrected chi connectivity index (χ3v) is 3.03. The van der Waals surface area contributed by atoms with Gasteiger partial charge in [-0.25, -0.2) is 0 Å². The molecule has 0 saturated carbocycles. The Morgan fingerprint density at radius 1 is 1.00 bits per heavy atom. The van der Waals surface area contributed by atoms with Crippen molar-refractivity contribution in [1.29, 1.82) is 0 Å². The summed E-state index contributed by atoms with van der Waals surface area (Å²) in [5, 5.41) is 12.1. The van der Waals surface area contributed by atoms with Crippen LogP contribution in [0.1, 0.15) is 51.9 Å². The third-order valence-electron chi connectivity index (χ3n) is 3.03. The number of quaternary nitrogens is 1. The zero-order valence-corrected chi connectivity index (χ0v) is 14.6. The second kappa shape index (κ2) is 22.4. The van der Waals surface area contributed by atoms with Gasteiger partial charge in [-0.05, 0) is 18.9 Å². The molecule has 0 aromatic heterocycles. The Morgan fingerprint density at radius 2 is 1.55 bits per heavy atom. The fourth-order valence-corrected chi connectivity index (χ4v) is 1.77. The molecule has 132 valence electrons. The molecule has 22 heavy (non-hydrogen) atoms. The van der Waals surface area contributed by atoms with Crippen LogP contribution in [0, 0.1) is 0 Å². The fraction of sp³-hybridized carbons (Fsp3) is 0.824. The lowest BCUT2D eigenvalue weighted by Gasteiger charge is -1.98. The van der Waals surface area contributed by atoms with Crippen molar-refractivity contribution in [2.45, 2.75) is 51.9 Å². The Kier molecular flexibility index (Phi) is 23.8. The van der Waals surface area contributed by atoms with E-state index in [0.717, 1.165) is 45.2 Å². The van der Waals surface area contributed by atoms with Crippen LogP contribution in [-0.4, -0.2) is 46.5 Å². The number of aliphatic carboxylic acids is 1. The minimum Gasteiger partial charge on any atom is -0.545 e. The van der Waals surface area contributed by atoms with Gasteiger partial charge in [-0.2, -0.15) is 0 Å². The summed E-state index contributed by atoms with van der Waals surface area (Å²) in [5.74, 6) is -1.09. The number of methoxy groups -OCH3 is 2. The molecule has 0 saturated heterocycles. The van der Waals surface area contributed by atoms with Crippen LogP contribution in [0.5, 0.6) is 0 Å². The molecule has 0 aliphatic rings. The Balaban J connectivity index is 0. The molecule has 0 rings (SSSR count). The molecule has 0 atom stereocenters. The van der Waals surface area contributed by atoms with Crippen molar-refractivity contribution < 1.29 is 24.7 Å². The molecule has 0 aromatic carbocycles. The first-order chi connectivity index (χ1) is 10.7. The molecule has 0 heterocycles. The smallest absolute Gasteiger partial charge is 0.0993 e. The first kappa shape index (κ1) is 23.4. The van der Waals surface area contributed by atoms with Gasteiger partial charge in [-0.1, -0.05) is 45.1 Å². The summed E-state index contributed by atoms with van der Waals surface area (Å²) in [4.78, 5) is 9.98. The largest absolute Gasteiger partial charge is 0.545 e. The molecule has 0 bridgehead atoms. The van der Waals surface area contributed by atoms with Gasteiger partial charge in [0.2, 0.25) is 0 Å². The second-order valence-corrected chi connectivity index (χ2v) is 5.13. The number of carbonyl (C=O) groups is 1. The number of allylic oxidation sites excluding steroid dienone is 1. The van der Waals surface area contributed by atoms with E-state index >= 15 is 0 Å². The lowest BCUT2D eigenvalue weighted by molar-refractivity contribution is -0.657. The van der Waals surface area contributed by atoms with Gasteiger partial charge in [0.05, 0.1) is 32.3 Å². The van der Waals surface area contributed by atoms with E-state index in [1.54, 1.807) is 20.3 Å². The summed E-state index contributed by atoms with van der Waals surface area (Å²) in [6, 6.07) is 0. The molecule has 0 spiro atoms. The molecule has 5 nitrogen and oxygen atoms in total. The summed E-state index contributed by atoms with van der Waals surface area (Å²) in [6.45, 7) is 5.90. The maximum absolute atomic E-state index is 9.98. The lowest BCUT2D eigenvalue weighted by Crippen LogP contribution is -2.86. The van der Waals surface area contributed by atoms with Gasteiger partial charge in [0, 0.05) is 14.2 Å². The number of carboxylic acids is 1. The van der Waals surface area contributed by atoms with Crippen molar-refractivity contribution in [3.05, 3.63) is 12.2 Å². The van der Waals surface area contributed by atoms with Crippen molar-refractivity contribution >= 4 is 5.97 Å². The van der Waals surface area contributed by atoms with E-state index in [1.807, 2.05) is 0 Å². The summed E-state index contributed by atoms with van der Waals surface area (Å²) < 4.78 is 9.70. The molecular formula is C17H35NO4. The monoisotopic (exact) mass is 317 g/mol. The normalized spacial score (nSPS) is 10.5. The maximum Gasteiger partial charge on any atom is 0.0993 e. The van der Waals surface area contributed by atoms with Gasteiger partial charge in [-0.15, -0.1) is 0 Å². The van der Waals surface area contributed by atoms with Crippen LogP contribution in [0.15, 0.2) is 12.2 Å². The van der Waals surface area contributed by atoms with Crippen molar-refractivity contribution in [2.75, 3.05) is 40.5 Å². The minimum atomic E-state index is -1.09. The summed E-state index contributed by atoms with van der Waals surface area (Å²) in [6.07, 6.45) is 11.1. The molecule has 0 fully saturated rings. The van der Waals surface area contributed by atoms with Crippen LogP contribution in [0.4, 0.5) is 0 Å². The molecular weight excluding hydrogens is 282 g/mol. The highest BCUT2D eigenvalue weighted by Crippen LogP contribution is 2.06. The van der Waals surface area contributed by atoms with E-state index in [0.29, 0.717) is 0 Å². The van der Waals surface area contributed by atoms with E-state index in [2.05, 4.69) is 12.2 Å². The first-order valence-electron chi connectivity index (χ1n) is 8.36. The third kappa shape index (κ3) is 27.4. The van der Waals surface area contributed by atoms with Crippen molar-refractivity contribution in [3.8, 4) is 0 Å². The number of nitrogens with two attached hydrogens (primary N) is 1. The van der Waals surface area contributed by atoms with Gasteiger partial charge in [0.15, 0.2) is 0 Å². The maximum atomic E-state index is 9.98. The molecule has 0 aliphatic carbocycles. The van der Waals surface area contributed by atoms with E-state index in [1.165, 1.54) is 32.1 Å². The number of unbranched alkanes of at least 4 members (excludes halogenated alkanes) is 6. The Bertz CT molecular complexity index is 239. The predicted octanol–water partition coefficient (Wildman–Crippen LogP) is 0.886. The Hall–Kier alpha value is -0.910. The molecule has 0 amide bonds. The minimum absolute atomic E-state index is 0.823. The van der Waals surface area contributed by atoms with Gasteiger partial charge in [0.1, 0.15) is 0 Å². The first-order valence-corrected chi connectivity index (χ1v) is 8.36. The van der Waals surface area contributed by atoms with Crippen LogP contribution in [-0.2, 0) is 14.3 Å². The highest BCUT2D eigenvalue weighted by molar-refractivity contribution is 5.77. The number of hydrogen-bond acceptors (Lipinski definition) is 4. The molecule has 0 aliphatic heterocycles. The molecule has 0 aromatic rings. The second-order valence-electron chi connectivity index (χ2n) is 5.13. The SMILES string of the molecule is CCCCCCCCC=CC(=O)[O-].COCC[NH2+]CCOC. The molecule has 0 unspecified atom stereocenters. The van der Waals surface area contributed by atoms with Crippen LogP contribution < -0.4 is 10.4 Å². The topological polar surface area (TPSA) is 75.2 Å². The number of ether oxygens (including phenoxy) is 2. The van der Waals surface area contributed by atoms with Crippen LogP contribution >= 0.6 is 0 Å².